The minimum absolute atomic E-state index is 0.469. The second-order valence-corrected chi connectivity index (χ2v) is 8.45. The van der Waals surface area contributed by atoms with Crippen molar-refractivity contribution in [3.05, 3.63) is 57.7 Å². The Labute approximate surface area is 163 Å². The molecule has 1 aromatic carbocycles. The summed E-state index contributed by atoms with van der Waals surface area (Å²) in [7, 11) is 0. The molecule has 6 nitrogen and oxygen atoms in total. The lowest BCUT2D eigenvalue weighted by molar-refractivity contribution is 0.0479. The van der Waals surface area contributed by atoms with Gasteiger partial charge in [-0.2, -0.15) is 11.3 Å². The molecule has 0 saturated heterocycles. The first-order chi connectivity index (χ1) is 12.6. The molecule has 1 amide bonds. The van der Waals surface area contributed by atoms with E-state index in [4.69, 9.17) is 15.2 Å². The first-order valence-corrected chi connectivity index (χ1v) is 9.62. The summed E-state index contributed by atoms with van der Waals surface area (Å²) in [5.41, 5.74) is 7.20. The zero-order chi connectivity index (χ0) is 19.8. The summed E-state index contributed by atoms with van der Waals surface area (Å²) in [5.74, 6) is 1.79. The maximum absolute atomic E-state index is 12.5. The van der Waals surface area contributed by atoms with Crippen molar-refractivity contribution < 1.29 is 14.3 Å². The molecular formula is C20H25N3O3S. The highest BCUT2D eigenvalue weighted by Gasteiger charge is 2.34. The molecule has 144 valence electrons. The Morgan fingerprint density at radius 3 is 2.59 bits per heavy atom. The summed E-state index contributed by atoms with van der Waals surface area (Å²) in [5, 5.41) is 10.2. The van der Waals surface area contributed by atoms with Crippen LogP contribution in [0.4, 0.5) is 10.5 Å². The highest BCUT2D eigenvalue weighted by molar-refractivity contribution is 7.08. The van der Waals surface area contributed by atoms with Crippen LogP contribution in [0.25, 0.3) is 0 Å². The van der Waals surface area contributed by atoms with Crippen molar-refractivity contribution in [3.8, 4) is 5.75 Å². The second-order valence-electron chi connectivity index (χ2n) is 7.67. The van der Waals surface area contributed by atoms with Crippen LogP contribution in [0.1, 0.15) is 45.7 Å². The number of nitrogens with two attached hydrogens (primary N) is 1. The molecule has 1 aliphatic heterocycles. The number of ether oxygens (including phenoxy) is 2. The molecule has 0 aliphatic carbocycles. The van der Waals surface area contributed by atoms with E-state index in [0.717, 1.165) is 16.8 Å². The van der Waals surface area contributed by atoms with E-state index in [1.54, 1.807) is 18.3 Å². The molecule has 1 atom stereocenters. The Balaban J connectivity index is 1.98. The minimum Gasteiger partial charge on any atom is -0.456 e. The average Bonchev–Trinajstić information content (AvgIpc) is 3.08. The quantitative estimate of drug-likeness (QED) is 0.722. The number of anilines is 1. The number of carbonyl (C=O) groups is 1. The van der Waals surface area contributed by atoms with Crippen LogP contribution < -0.4 is 21.1 Å². The monoisotopic (exact) mass is 387 g/mol. The number of carbonyl (C=O) groups excluding carboxylic acids is 1. The molecule has 1 unspecified atom stereocenters. The van der Waals surface area contributed by atoms with Crippen LogP contribution in [0.5, 0.6) is 5.75 Å². The maximum Gasteiger partial charge on any atom is 0.408 e. The molecule has 7 heteroatoms. The van der Waals surface area contributed by atoms with Crippen LogP contribution in [0.3, 0.4) is 0 Å². The Morgan fingerprint density at radius 1 is 1.22 bits per heavy atom. The van der Waals surface area contributed by atoms with Crippen molar-refractivity contribution in [1.29, 1.82) is 0 Å². The molecule has 2 heterocycles. The van der Waals surface area contributed by atoms with Gasteiger partial charge in [0.15, 0.2) is 5.75 Å². The molecule has 1 aliphatic rings. The molecule has 1 aromatic heterocycles. The number of amides is 1. The highest BCUT2D eigenvalue weighted by atomic mass is 32.1. The lowest BCUT2D eigenvalue weighted by Crippen LogP contribution is -2.46. The number of rotatable bonds is 3. The van der Waals surface area contributed by atoms with Gasteiger partial charge in [-0.15, -0.1) is 0 Å². The Kier molecular flexibility index (Phi) is 4.82. The summed E-state index contributed by atoms with van der Waals surface area (Å²) in [4.78, 5) is 12.5. The van der Waals surface area contributed by atoms with Crippen LogP contribution in [0.15, 0.2) is 46.6 Å². The number of thiophene rings is 1. The number of fused-ring (bicyclic) bond motifs is 1. The van der Waals surface area contributed by atoms with Gasteiger partial charge in [0.05, 0.1) is 11.2 Å². The molecule has 27 heavy (non-hydrogen) atoms. The normalized spacial score (nSPS) is 15.9. The summed E-state index contributed by atoms with van der Waals surface area (Å²) >= 11 is 1.57. The Hall–Kier alpha value is -2.67. The van der Waals surface area contributed by atoms with Crippen molar-refractivity contribution in [1.82, 2.24) is 5.32 Å². The fraction of sp³-hybridized carbons (Fsp3) is 0.350. The fourth-order valence-electron chi connectivity index (χ4n) is 2.85. The zero-order valence-corrected chi connectivity index (χ0v) is 17.0. The number of allylic oxidation sites excluding steroid dienone is 1. The van der Waals surface area contributed by atoms with Crippen LogP contribution in [0, 0.1) is 0 Å². The lowest BCUT2D eigenvalue weighted by atomic mass is 9.86. The van der Waals surface area contributed by atoms with Crippen LogP contribution >= 0.6 is 11.3 Å². The topological polar surface area (TPSA) is 85.6 Å². The fourth-order valence-corrected chi connectivity index (χ4v) is 3.61. The predicted molar refractivity (Wildman–Crippen MR) is 108 cm³/mol. The molecule has 4 N–H and O–H groups in total. The SMILES string of the molecule is CC1=C(N)Nc2cc(C(C)(NC(=O)OC(C)(C)C)c3ccsc3)ccc2O1. The van der Waals surface area contributed by atoms with E-state index in [2.05, 4.69) is 10.6 Å². The Morgan fingerprint density at radius 2 is 1.96 bits per heavy atom. The van der Waals surface area contributed by atoms with Gasteiger partial charge in [-0.1, -0.05) is 6.07 Å². The summed E-state index contributed by atoms with van der Waals surface area (Å²) in [6.45, 7) is 9.28. The molecule has 3 rings (SSSR count). The zero-order valence-electron chi connectivity index (χ0n) is 16.2. The first-order valence-electron chi connectivity index (χ1n) is 8.68. The van der Waals surface area contributed by atoms with Gasteiger partial charge < -0.3 is 25.8 Å². The van der Waals surface area contributed by atoms with E-state index in [0.29, 0.717) is 17.3 Å². The van der Waals surface area contributed by atoms with Crippen LogP contribution in [0.2, 0.25) is 0 Å². The van der Waals surface area contributed by atoms with E-state index >= 15 is 0 Å². The number of hydrogen-bond donors (Lipinski definition) is 3. The van der Waals surface area contributed by atoms with Crippen molar-refractivity contribution >= 4 is 23.1 Å². The van der Waals surface area contributed by atoms with E-state index < -0.39 is 17.2 Å². The number of benzene rings is 1. The molecular weight excluding hydrogens is 362 g/mol. The van der Waals surface area contributed by atoms with Gasteiger partial charge in [0, 0.05) is 0 Å². The predicted octanol–water partition coefficient (Wildman–Crippen LogP) is 4.49. The molecule has 0 fully saturated rings. The third-order valence-electron chi connectivity index (χ3n) is 4.32. The standard InChI is InChI=1S/C20H25N3O3S/c1-12-17(21)22-15-10-13(6-7-16(15)25-12)20(5,14-8-9-27-11-14)23-18(24)26-19(2,3)4/h6-11,22H,21H2,1-5H3,(H,23,24). The summed E-state index contributed by atoms with van der Waals surface area (Å²) in [6.07, 6.45) is -0.478. The minimum atomic E-state index is -0.774. The van der Waals surface area contributed by atoms with Crippen molar-refractivity contribution in [2.24, 2.45) is 5.73 Å². The van der Waals surface area contributed by atoms with Gasteiger partial charge in [0.2, 0.25) is 0 Å². The number of alkyl carbamates (subject to hydrolysis) is 1. The third kappa shape index (κ3) is 4.03. The van der Waals surface area contributed by atoms with Gasteiger partial charge in [-0.05, 0) is 74.7 Å². The largest absolute Gasteiger partial charge is 0.456 e. The molecule has 0 bridgehead atoms. The summed E-state index contributed by atoms with van der Waals surface area (Å²) < 4.78 is 11.2. The van der Waals surface area contributed by atoms with E-state index in [1.807, 2.05) is 62.7 Å². The van der Waals surface area contributed by atoms with Crippen molar-refractivity contribution in [2.45, 2.75) is 45.8 Å². The smallest absolute Gasteiger partial charge is 0.408 e. The molecule has 0 radical (unpaired) electrons. The molecule has 0 saturated carbocycles. The van der Waals surface area contributed by atoms with E-state index in [1.165, 1.54) is 0 Å². The van der Waals surface area contributed by atoms with Gasteiger partial charge in [0.25, 0.3) is 0 Å². The van der Waals surface area contributed by atoms with Crippen LogP contribution in [-0.2, 0) is 10.3 Å². The molecule has 2 aromatic rings. The van der Waals surface area contributed by atoms with Crippen molar-refractivity contribution in [2.75, 3.05) is 5.32 Å². The molecule has 0 spiro atoms. The van der Waals surface area contributed by atoms with Gasteiger partial charge in [-0.25, -0.2) is 4.79 Å². The van der Waals surface area contributed by atoms with Gasteiger partial charge in [-0.3, -0.25) is 0 Å². The maximum atomic E-state index is 12.5. The number of nitrogens with one attached hydrogen (secondary N) is 2. The highest BCUT2D eigenvalue weighted by Crippen LogP contribution is 2.38. The van der Waals surface area contributed by atoms with Crippen LogP contribution in [-0.4, -0.2) is 11.7 Å². The first kappa shape index (κ1) is 19.1. The van der Waals surface area contributed by atoms with Crippen molar-refractivity contribution in [3.63, 3.8) is 0 Å². The van der Waals surface area contributed by atoms with Gasteiger partial charge >= 0.3 is 6.09 Å². The lowest BCUT2D eigenvalue weighted by Gasteiger charge is -2.33. The third-order valence-corrected chi connectivity index (χ3v) is 5.00. The summed E-state index contributed by atoms with van der Waals surface area (Å²) in [6, 6.07) is 7.73. The second kappa shape index (κ2) is 6.81. The average molecular weight is 388 g/mol. The Bertz CT molecular complexity index is 884. The van der Waals surface area contributed by atoms with E-state index in [9.17, 15) is 4.79 Å². The van der Waals surface area contributed by atoms with E-state index in [-0.39, 0.29) is 0 Å². The van der Waals surface area contributed by atoms with Gasteiger partial charge in [0.1, 0.15) is 17.2 Å². The number of hydrogen-bond acceptors (Lipinski definition) is 6.